The molecule has 0 spiro atoms. The smallest absolute Gasteiger partial charge is 0.107 e. The van der Waals surface area contributed by atoms with Crippen LogP contribution in [0.15, 0.2) is 0 Å². The van der Waals surface area contributed by atoms with Gasteiger partial charge in [0.1, 0.15) is 5.01 Å². The number of rotatable bonds is 5. The third-order valence-corrected chi connectivity index (χ3v) is 5.04. The molecule has 0 aliphatic heterocycles. The first kappa shape index (κ1) is 13.5. The van der Waals surface area contributed by atoms with Gasteiger partial charge in [0.2, 0.25) is 0 Å². The lowest BCUT2D eigenvalue weighted by Crippen LogP contribution is -2.34. The van der Waals surface area contributed by atoms with Crippen LogP contribution in [0.25, 0.3) is 0 Å². The van der Waals surface area contributed by atoms with Crippen LogP contribution in [0.1, 0.15) is 41.3 Å². The molecule has 0 atom stereocenters. The first-order valence-corrected chi connectivity index (χ1v) is 8.37. The molecule has 0 bridgehead atoms. The lowest BCUT2D eigenvalue weighted by Gasteiger charge is -2.27. The monoisotopic (exact) mass is 316 g/mol. The fourth-order valence-corrected chi connectivity index (χ4v) is 3.96. The summed E-state index contributed by atoms with van der Waals surface area (Å²) in [5, 5.41) is 2.35. The van der Waals surface area contributed by atoms with Crippen molar-refractivity contribution in [2.24, 2.45) is 0 Å². The highest BCUT2D eigenvalue weighted by atomic mass is 79.9. The molecule has 4 heteroatoms. The van der Waals surface area contributed by atoms with Crippen molar-refractivity contribution in [2.75, 3.05) is 11.9 Å². The quantitative estimate of drug-likeness (QED) is 0.766. The van der Waals surface area contributed by atoms with Crippen LogP contribution in [-0.4, -0.2) is 27.8 Å². The van der Waals surface area contributed by atoms with Crippen LogP contribution in [0, 0.1) is 13.8 Å². The van der Waals surface area contributed by atoms with Gasteiger partial charge in [-0.3, -0.25) is 4.90 Å². The molecular formula is C13H21BrN2S. The summed E-state index contributed by atoms with van der Waals surface area (Å²) in [7, 11) is 0. The molecule has 0 unspecified atom stereocenters. The average molecular weight is 317 g/mol. The molecular weight excluding hydrogens is 296 g/mol. The molecule has 1 aliphatic rings. The van der Waals surface area contributed by atoms with E-state index < -0.39 is 0 Å². The van der Waals surface area contributed by atoms with E-state index in [0.29, 0.717) is 0 Å². The Morgan fingerprint density at radius 3 is 2.59 bits per heavy atom. The Kier molecular flexibility index (Phi) is 5.00. The molecule has 0 saturated heterocycles. The Hall–Kier alpha value is 0.0700. The molecule has 2 nitrogen and oxygen atoms in total. The van der Waals surface area contributed by atoms with Crippen LogP contribution in [-0.2, 0) is 6.54 Å². The maximum atomic E-state index is 4.67. The van der Waals surface area contributed by atoms with Gasteiger partial charge in [0, 0.05) is 22.8 Å². The van der Waals surface area contributed by atoms with E-state index in [1.54, 1.807) is 0 Å². The molecule has 1 aromatic heterocycles. The second-order valence-corrected chi connectivity index (χ2v) is 6.93. The zero-order chi connectivity index (χ0) is 12.3. The fourth-order valence-electron chi connectivity index (χ4n) is 2.55. The van der Waals surface area contributed by atoms with E-state index in [2.05, 4.69) is 39.7 Å². The van der Waals surface area contributed by atoms with Crippen LogP contribution in [0.3, 0.4) is 0 Å². The van der Waals surface area contributed by atoms with Gasteiger partial charge in [0.05, 0.1) is 12.2 Å². The van der Waals surface area contributed by atoms with Crippen LogP contribution in [0.5, 0.6) is 0 Å². The van der Waals surface area contributed by atoms with Crippen molar-refractivity contribution < 1.29 is 0 Å². The van der Waals surface area contributed by atoms with E-state index >= 15 is 0 Å². The molecule has 1 aliphatic carbocycles. The van der Waals surface area contributed by atoms with Gasteiger partial charge >= 0.3 is 0 Å². The lowest BCUT2D eigenvalue weighted by atomic mass is 10.2. The summed E-state index contributed by atoms with van der Waals surface area (Å²) in [6.45, 7) is 6.46. The number of alkyl halides is 1. The maximum Gasteiger partial charge on any atom is 0.107 e. The number of halogens is 1. The van der Waals surface area contributed by atoms with Gasteiger partial charge in [-0.1, -0.05) is 28.8 Å². The van der Waals surface area contributed by atoms with Gasteiger partial charge in [-0.2, -0.15) is 0 Å². The predicted molar refractivity (Wildman–Crippen MR) is 78.0 cm³/mol. The second-order valence-electron chi connectivity index (χ2n) is 4.85. The number of nitrogens with zero attached hydrogens (tertiary/aromatic N) is 2. The molecule has 0 amide bonds. The molecule has 1 aromatic rings. The highest BCUT2D eigenvalue weighted by molar-refractivity contribution is 9.09. The summed E-state index contributed by atoms with van der Waals surface area (Å²) in [6.07, 6.45) is 5.55. The largest absolute Gasteiger partial charge is 0.293 e. The van der Waals surface area contributed by atoms with E-state index in [-0.39, 0.29) is 0 Å². The summed E-state index contributed by atoms with van der Waals surface area (Å²) in [5.41, 5.74) is 1.20. The third kappa shape index (κ3) is 3.52. The highest BCUT2D eigenvalue weighted by Gasteiger charge is 2.23. The van der Waals surface area contributed by atoms with Gasteiger partial charge in [-0.05, 0) is 26.7 Å². The van der Waals surface area contributed by atoms with E-state index in [1.807, 2.05) is 11.3 Å². The number of aryl methyl sites for hydroxylation is 2. The summed E-state index contributed by atoms with van der Waals surface area (Å²) in [5.74, 6) is 0. The average Bonchev–Trinajstić information content (AvgIpc) is 2.89. The number of hydrogen-bond donors (Lipinski definition) is 0. The maximum absolute atomic E-state index is 4.67. The Balaban J connectivity index is 2.01. The van der Waals surface area contributed by atoms with Crippen LogP contribution >= 0.6 is 27.3 Å². The SMILES string of the molecule is Cc1nc(CN(CCBr)C2CCCC2)sc1C. The Bertz CT molecular complexity index is 339. The summed E-state index contributed by atoms with van der Waals surface area (Å²) in [4.78, 5) is 8.64. The van der Waals surface area contributed by atoms with Crippen molar-refractivity contribution >= 4 is 27.3 Å². The third-order valence-electron chi connectivity index (χ3n) is 3.62. The van der Waals surface area contributed by atoms with E-state index in [0.717, 1.165) is 24.5 Å². The molecule has 0 radical (unpaired) electrons. The van der Waals surface area contributed by atoms with E-state index in [1.165, 1.54) is 41.3 Å². The minimum Gasteiger partial charge on any atom is -0.293 e. The topological polar surface area (TPSA) is 16.1 Å². The number of hydrogen-bond acceptors (Lipinski definition) is 3. The van der Waals surface area contributed by atoms with Crippen LogP contribution in [0.4, 0.5) is 0 Å². The number of thiazole rings is 1. The van der Waals surface area contributed by atoms with Gasteiger partial charge in [0.25, 0.3) is 0 Å². The molecule has 1 heterocycles. The van der Waals surface area contributed by atoms with Crippen LogP contribution < -0.4 is 0 Å². The first-order valence-electron chi connectivity index (χ1n) is 6.43. The molecule has 1 saturated carbocycles. The Labute approximate surface area is 117 Å². The second kappa shape index (κ2) is 6.30. The van der Waals surface area contributed by atoms with Gasteiger partial charge in [0.15, 0.2) is 0 Å². The van der Waals surface area contributed by atoms with Crippen molar-refractivity contribution in [3.05, 3.63) is 15.6 Å². The molecule has 17 heavy (non-hydrogen) atoms. The van der Waals surface area contributed by atoms with E-state index in [9.17, 15) is 0 Å². The van der Waals surface area contributed by atoms with Crippen molar-refractivity contribution in [3.8, 4) is 0 Å². The standard InChI is InChI=1S/C13H21BrN2S/c1-10-11(2)17-13(15-10)9-16(8-7-14)12-5-3-4-6-12/h12H,3-9H2,1-2H3. The zero-order valence-corrected chi connectivity index (χ0v) is 13.1. The van der Waals surface area contributed by atoms with Gasteiger partial charge in [-0.25, -0.2) is 4.98 Å². The number of aromatic nitrogens is 1. The fraction of sp³-hybridized carbons (Fsp3) is 0.769. The molecule has 2 rings (SSSR count). The first-order chi connectivity index (χ1) is 8.20. The minimum atomic E-state index is 0.789. The summed E-state index contributed by atoms with van der Waals surface area (Å²) in [6, 6.07) is 0.789. The summed E-state index contributed by atoms with van der Waals surface area (Å²) < 4.78 is 0. The molecule has 1 fully saturated rings. The Morgan fingerprint density at radius 1 is 1.35 bits per heavy atom. The molecule has 96 valence electrons. The van der Waals surface area contributed by atoms with E-state index in [4.69, 9.17) is 0 Å². The van der Waals surface area contributed by atoms with Gasteiger partial charge < -0.3 is 0 Å². The minimum absolute atomic E-state index is 0.789. The summed E-state index contributed by atoms with van der Waals surface area (Å²) >= 11 is 5.43. The molecule has 0 aromatic carbocycles. The Morgan fingerprint density at radius 2 is 2.06 bits per heavy atom. The normalized spacial score (nSPS) is 17.2. The van der Waals surface area contributed by atoms with Crippen molar-refractivity contribution in [2.45, 2.75) is 52.1 Å². The highest BCUT2D eigenvalue weighted by Crippen LogP contribution is 2.26. The predicted octanol–water partition coefficient (Wildman–Crippen LogP) is 3.90. The van der Waals surface area contributed by atoms with Gasteiger partial charge in [-0.15, -0.1) is 11.3 Å². The zero-order valence-electron chi connectivity index (χ0n) is 10.7. The van der Waals surface area contributed by atoms with Crippen molar-refractivity contribution in [1.29, 1.82) is 0 Å². The van der Waals surface area contributed by atoms with Crippen LogP contribution in [0.2, 0.25) is 0 Å². The lowest BCUT2D eigenvalue weighted by molar-refractivity contribution is 0.202. The van der Waals surface area contributed by atoms with Crippen molar-refractivity contribution in [1.82, 2.24) is 9.88 Å². The molecule has 0 N–H and O–H groups in total. The van der Waals surface area contributed by atoms with Crippen molar-refractivity contribution in [3.63, 3.8) is 0 Å².